The molecule has 0 aliphatic carbocycles. The van der Waals surface area contributed by atoms with Gasteiger partial charge in [0.1, 0.15) is 30.6 Å². The van der Waals surface area contributed by atoms with E-state index < -0.39 is 29.8 Å². The molecule has 2 atom stereocenters. The largest absolute Gasteiger partial charge is 0.480 e. The Morgan fingerprint density at radius 3 is 2.88 bits per heavy atom. The number of rotatable bonds is 6. The van der Waals surface area contributed by atoms with Crippen molar-refractivity contribution in [2.24, 2.45) is 4.99 Å². The Morgan fingerprint density at radius 1 is 1.39 bits per heavy atom. The minimum absolute atomic E-state index is 0.147. The van der Waals surface area contributed by atoms with Gasteiger partial charge in [-0.05, 0) is 44.0 Å². The molecule has 2 aliphatic rings. The molecule has 174 valence electrons. The molecule has 0 amide bonds. The van der Waals surface area contributed by atoms with Crippen molar-refractivity contribution in [2.45, 2.75) is 31.8 Å². The van der Waals surface area contributed by atoms with Crippen LogP contribution in [0, 0.1) is 5.82 Å². The first-order valence-corrected chi connectivity index (χ1v) is 11.2. The standard InChI is InChI=1S/C21H22BrFN6O4/c1-2-33-20(32)17-15(9-28-7-3-4-16(28)19(30)31)26-21(29-11-24-10-25-29)27-18(17)13-6-5-12(23)8-14(13)22/h5-6,8,10-11,16,18H,2-4,7,9H2,1H3,(H,26,27)(H,30,31). The Morgan fingerprint density at radius 2 is 2.21 bits per heavy atom. The van der Waals surface area contributed by atoms with Crippen LogP contribution in [0.25, 0.3) is 0 Å². The number of nitrogens with zero attached hydrogens (tertiary/aromatic N) is 5. The van der Waals surface area contributed by atoms with Crippen LogP contribution in [0.4, 0.5) is 4.39 Å². The van der Waals surface area contributed by atoms with Gasteiger partial charge >= 0.3 is 11.9 Å². The highest BCUT2D eigenvalue weighted by molar-refractivity contribution is 9.10. The first-order chi connectivity index (χ1) is 15.9. The number of benzene rings is 1. The highest BCUT2D eigenvalue weighted by atomic mass is 79.9. The summed E-state index contributed by atoms with van der Waals surface area (Å²) in [5, 5.41) is 16.9. The Hall–Kier alpha value is -3.12. The number of aromatic nitrogens is 3. The Bertz CT molecular complexity index is 1120. The van der Waals surface area contributed by atoms with Crippen LogP contribution in [0.15, 0.2) is 51.6 Å². The SMILES string of the molecule is CCOC(=O)C1=C(CN2CCCC2C(=O)O)NC(n2cncn2)=NC1c1ccc(F)cc1Br. The van der Waals surface area contributed by atoms with E-state index in [0.29, 0.717) is 34.7 Å². The number of hydrogen-bond acceptors (Lipinski definition) is 8. The zero-order valence-corrected chi connectivity index (χ0v) is 19.3. The van der Waals surface area contributed by atoms with Crippen molar-refractivity contribution in [3.8, 4) is 0 Å². The maximum Gasteiger partial charge on any atom is 0.338 e. The summed E-state index contributed by atoms with van der Waals surface area (Å²) >= 11 is 3.38. The lowest BCUT2D eigenvalue weighted by Crippen LogP contribution is -2.44. The van der Waals surface area contributed by atoms with E-state index in [1.54, 1.807) is 17.9 Å². The van der Waals surface area contributed by atoms with Crippen molar-refractivity contribution in [3.05, 3.63) is 58.0 Å². The number of esters is 1. The summed E-state index contributed by atoms with van der Waals surface area (Å²) in [7, 11) is 0. The number of nitrogens with one attached hydrogen (secondary N) is 1. The number of carboxylic acids is 1. The number of likely N-dealkylation sites (tertiary alicyclic amines) is 1. The van der Waals surface area contributed by atoms with Gasteiger partial charge in [-0.1, -0.05) is 22.0 Å². The first-order valence-electron chi connectivity index (χ1n) is 10.4. The molecule has 0 radical (unpaired) electrons. The summed E-state index contributed by atoms with van der Waals surface area (Å²) in [6.45, 7) is 2.57. The molecule has 0 saturated carbocycles. The average molecular weight is 521 g/mol. The molecule has 2 aliphatic heterocycles. The predicted octanol–water partition coefficient (Wildman–Crippen LogP) is 2.09. The Kier molecular flexibility index (Phi) is 6.84. The first kappa shape index (κ1) is 23.1. The highest BCUT2D eigenvalue weighted by Crippen LogP contribution is 2.36. The number of carboxylic acid groups (broad SMARTS) is 1. The molecule has 1 fully saturated rings. The van der Waals surface area contributed by atoms with Crippen LogP contribution in [0.2, 0.25) is 0 Å². The van der Waals surface area contributed by atoms with Gasteiger partial charge in [0.2, 0.25) is 5.96 Å². The summed E-state index contributed by atoms with van der Waals surface area (Å²) in [6, 6.07) is 2.62. The lowest BCUT2D eigenvalue weighted by Gasteiger charge is -2.30. The summed E-state index contributed by atoms with van der Waals surface area (Å²) in [4.78, 5) is 35.2. The fraction of sp³-hybridized carbons (Fsp3) is 0.381. The minimum Gasteiger partial charge on any atom is -0.480 e. The molecule has 0 spiro atoms. The zero-order chi connectivity index (χ0) is 23.5. The van der Waals surface area contributed by atoms with Crippen LogP contribution in [0.1, 0.15) is 31.4 Å². The fourth-order valence-electron chi connectivity index (χ4n) is 4.04. The predicted molar refractivity (Wildman–Crippen MR) is 119 cm³/mol. The van der Waals surface area contributed by atoms with Crippen LogP contribution in [0.3, 0.4) is 0 Å². The lowest BCUT2D eigenvalue weighted by atomic mass is 9.95. The van der Waals surface area contributed by atoms with Crippen molar-refractivity contribution in [2.75, 3.05) is 19.7 Å². The molecule has 2 unspecified atom stereocenters. The quantitative estimate of drug-likeness (QED) is 0.555. The molecule has 1 saturated heterocycles. The minimum atomic E-state index is -0.912. The van der Waals surface area contributed by atoms with Crippen molar-refractivity contribution >= 4 is 33.8 Å². The molecule has 4 rings (SSSR count). The van der Waals surface area contributed by atoms with E-state index in [0.717, 1.165) is 6.42 Å². The van der Waals surface area contributed by atoms with Crippen molar-refractivity contribution in [1.29, 1.82) is 0 Å². The maximum atomic E-state index is 13.8. The van der Waals surface area contributed by atoms with Gasteiger partial charge in [0.15, 0.2) is 0 Å². The molecular formula is C21H22BrFN6O4. The van der Waals surface area contributed by atoms with E-state index in [2.05, 4.69) is 36.3 Å². The van der Waals surface area contributed by atoms with Gasteiger partial charge in [-0.25, -0.2) is 19.2 Å². The van der Waals surface area contributed by atoms with Crippen LogP contribution >= 0.6 is 15.9 Å². The number of aliphatic imine (C=N–C) groups is 1. The number of carbonyl (C=O) groups excluding carboxylic acids is 1. The zero-order valence-electron chi connectivity index (χ0n) is 17.7. The number of ether oxygens (including phenoxy) is 1. The van der Waals surface area contributed by atoms with Crippen LogP contribution in [-0.4, -0.2) is 68.4 Å². The van der Waals surface area contributed by atoms with Gasteiger partial charge in [-0.15, -0.1) is 0 Å². The third kappa shape index (κ3) is 4.81. The number of aliphatic carboxylic acids is 1. The van der Waals surface area contributed by atoms with Crippen LogP contribution in [-0.2, 0) is 14.3 Å². The van der Waals surface area contributed by atoms with Crippen molar-refractivity contribution in [1.82, 2.24) is 25.0 Å². The molecule has 2 aromatic rings. The molecule has 33 heavy (non-hydrogen) atoms. The molecule has 3 heterocycles. The third-order valence-electron chi connectivity index (χ3n) is 5.51. The second-order valence-electron chi connectivity index (χ2n) is 7.57. The Labute approximate surface area is 197 Å². The van der Waals surface area contributed by atoms with Gasteiger partial charge in [-0.3, -0.25) is 9.69 Å². The van der Waals surface area contributed by atoms with E-state index in [1.165, 1.54) is 29.5 Å². The summed E-state index contributed by atoms with van der Waals surface area (Å²) < 4.78 is 21.0. The molecule has 1 aromatic heterocycles. The molecule has 10 nitrogen and oxygen atoms in total. The van der Waals surface area contributed by atoms with E-state index in [1.807, 2.05) is 0 Å². The van der Waals surface area contributed by atoms with Gasteiger partial charge in [0.05, 0.1) is 12.2 Å². The third-order valence-corrected chi connectivity index (χ3v) is 6.20. The van der Waals surface area contributed by atoms with Crippen LogP contribution in [0.5, 0.6) is 0 Å². The second-order valence-corrected chi connectivity index (χ2v) is 8.42. The molecule has 12 heteroatoms. The fourth-order valence-corrected chi connectivity index (χ4v) is 4.60. The Balaban J connectivity index is 1.83. The topological polar surface area (TPSA) is 122 Å². The van der Waals surface area contributed by atoms with E-state index in [9.17, 15) is 19.1 Å². The summed E-state index contributed by atoms with van der Waals surface area (Å²) in [5.41, 5.74) is 1.22. The summed E-state index contributed by atoms with van der Waals surface area (Å²) in [5.74, 6) is -1.65. The van der Waals surface area contributed by atoms with Gasteiger partial charge < -0.3 is 15.2 Å². The van der Waals surface area contributed by atoms with Crippen molar-refractivity contribution < 1.29 is 23.8 Å². The lowest BCUT2D eigenvalue weighted by molar-refractivity contribution is -0.142. The van der Waals surface area contributed by atoms with Crippen LogP contribution < -0.4 is 5.32 Å². The molecule has 0 bridgehead atoms. The number of carbonyl (C=O) groups is 2. The van der Waals surface area contributed by atoms with E-state index in [4.69, 9.17) is 4.74 Å². The highest BCUT2D eigenvalue weighted by Gasteiger charge is 2.37. The monoisotopic (exact) mass is 520 g/mol. The summed E-state index contributed by atoms with van der Waals surface area (Å²) in [6.07, 6.45) is 4.05. The van der Waals surface area contributed by atoms with E-state index in [-0.39, 0.29) is 18.7 Å². The second kappa shape index (κ2) is 9.79. The molecule has 2 N–H and O–H groups in total. The maximum absolute atomic E-state index is 13.8. The molecule has 1 aromatic carbocycles. The molecular weight excluding hydrogens is 499 g/mol. The van der Waals surface area contributed by atoms with Gasteiger partial charge in [-0.2, -0.15) is 9.78 Å². The average Bonchev–Trinajstić information content (AvgIpc) is 3.46. The van der Waals surface area contributed by atoms with Gasteiger partial charge in [0, 0.05) is 16.7 Å². The normalized spacial score (nSPS) is 21.0. The number of halogens is 2. The van der Waals surface area contributed by atoms with Crippen molar-refractivity contribution in [3.63, 3.8) is 0 Å². The number of hydrogen-bond donors (Lipinski definition) is 2. The van der Waals surface area contributed by atoms with Gasteiger partial charge in [0.25, 0.3) is 0 Å². The smallest absolute Gasteiger partial charge is 0.338 e. The van der Waals surface area contributed by atoms with E-state index >= 15 is 0 Å².